The normalized spacial score (nSPS) is 10.1. The van der Waals surface area contributed by atoms with Crippen molar-refractivity contribution in [1.29, 1.82) is 0 Å². The summed E-state index contributed by atoms with van der Waals surface area (Å²) >= 11 is 1.25. The van der Waals surface area contributed by atoms with Crippen LogP contribution in [0.25, 0.3) is 21.3 Å². The van der Waals surface area contributed by atoms with Gasteiger partial charge in [0.2, 0.25) is 0 Å². The van der Waals surface area contributed by atoms with Crippen LogP contribution in [0.1, 0.15) is 29.9 Å². The van der Waals surface area contributed by atoms with Gasteiger partial charge in [-0.2, -0.15) is 0 Å². The van der Waals surface area contributed by atoms with Crippen molar-refractivity contribution in [2.45, 2.75) is 47.6 Å². The number of halogens is 2. The van der Waals surface area contributed by atoms with Crippen molar-refractivity contribution in [3.05, 3.63) is 58.0 Å². The molecule has 0 saturated carbocycles. The first-order valence-corrected chi connectivity index (χ1v) is 9.34. The third-order valence-electron chi connectivity index (χ3n) is 4.28. The topological polar surface area (TPSA) is 42.2 Å². The average molecular weight is 483 g/mol. The van der Waals surface area contributed by atoms with E-state index in [-0.39, 0.29) is 51.4 Å². The van der Waals surface area contributed by atoms with E-state index in [0.29, 0.717) is 15.8 Å². The summed E-state index contributed by atoms with van der Waals surface area (Å²) in [5, 5.41) is 11.2. The fourth-order valence-electron chi connectivity index (χ4n) is 2.93. The van der Waals surface area contributed by atoms with Crippen LogP contribution in [-0.2, 0) is 39.3 Å². The maximum Gasteiger partial charge on any atom is 0.263 e. The summed E-state index contributed by atoms with van der Waals surface area (Å²) in [6.07, 6.45) is -2.65. The molecule has 7 heteroatoms. The number of hydrogen-bond acceptors (Lipinski definition) is 3. The Bertz CT molecular complexity index is 996. The molecule has 0 aliphatic rings. The molecule has 1 radical (unpaired) electrons. The van der Waals surface area contributed by atoms with Crippen molar-refractivity contribution < 1.29 is 46.6 Å². The monoisotopic (exact) mass is 483 g/mol. The molecule has 151 valence electrons. The van der Waals surface area contributed by atoms with Gasteiger partial charge in [-0.3, -0.25) is 9.36 Å². The minimum absolute atomic E-state index is 0. The van der Waals surface area contributed by atoms with Gasteiger partial charge in [-0.15, -0.1) is 11.3 Å². The van der Waals surface area contributed by atoms with Gasteiger partial charge < -0.3 is 12.5 Å². The fraction of sp³-hybridized carbons (Fsp3) is 0.333. The van der Waals surface area contributed by atoms with Gasteiger partial charge in [-0.25, -0.2) is 8.78 Å². The Labute approximate surface area is 194 Å². The minimum atomic E-state index is -2.65. The Morgan fingerprint density at radius 2 is 1.71 bits per heavy atom. The van der Waals surface area contributed by atoms with Crippen LogP contribution in [0, 0.1) is 28.2 Å². The van der Waals surface area contributed by atoms with Gasteiger partial charge in [0.15, 0.2) is 0 Å². The molecule has 0 spiro atoms. The van der Waals surface area contributed by atoms with Gasteiger partial charge in [-0.05, 0) is 37.5 Å². The maximum absolute atomic E-state index is 13.0. The number of aromatic nitrogens is 1. The van der Waals surface area contributed by atoms with Gasteiger partial charge in [0.1, 0.15) is 10.6 Å². The molecule has 1 N–H and O–H groups in total. The number of alkyl halides is 2. The molecule has 3 nitrogen and oxygen atoms in total. The molecule has 2 aromatic heterocycles. The molecule has 3 rings (SSSR count). The molecule has 1 aromatic carbocycles. The number of benzene rings is 1. The molecule has 0 amide bonds. The zero-order valence-electron chi connectivity index (χ0n) is 17.1. The van der Waals surface area contributed by atoms with Crippen LogP contribution in [0.15, 0.2) is 29.1 Å². The van der Waals surface area contributed by atoms with Crippen molar-refractivity contribution in [3.8, 4) is 16.9 Å². The summed E-state index contributed by atoms with van der Waals surface area (Å²) in [4.78, 5) is 14.2. The summed E-state index contributed by atoms with van der Waals surface area (Å²) < 4.78 is 27.2. The predicted molar refractivity (Wildman–Crippen MR) is 111 cm³/mol. The van der Waals surface area contributed by atoms with Crippen LogP contribution in [0.5, 0.6) is 5.75 Å². The SMILES string of the molecule is CC.Cc1ccccc1-c1c(O)c2c(C)c(C)sc2n(CC(F)F)c1=O.[CH3-].[Y]. The van der Waals surface area contributed by atoms with Crippen molar-refractivity contribution in [3.63, 3.8) is 0 Å². The van der Waals surface area contributed by atoms with E-state index in [0.717, 1.165) is 20.6 Å². The van der Waals surface area contributed by atoms with E-state index in [1.807, 2.05) is 46.8 Å². The molecule has 0 unspecified atom stereocenters. The summed E-state index contributed by atoms with van der Waals surface area (Å²) in [6, 6.07) is 7.13. The molecule has 0 bridgehead atoms. The van der Waals surface area contributed by atoms with Crippen LogP contribution in [-0.4, -0.2) is 16.1 Å². The van der Waals surface area contributed by atoms with Crippen molar-refractivity contribution >= 4 is 21.6 Å². The second-order valence-electron chi connectivity index (χ2n) is 5.81. The summed E-state index contributed by atoms with van der Waals surface area (Å²) in [5.74, 6) is -0.128. The number of nitrogens with zero attached hydrogens (tertiary/aromatic N) is 1. The van der Waals surface area contributed by atoms with Crippen molar-refractivity contribution in [2.24, 2.45) is 0 Å². The zero-order valence-corrected chi connectivity index (χ0v) is 20.8. The van der Waals surface area contributed by atoms with E-state index >= 15 is 0 Å². The molecule has 28 heavy (non-hydrogen) atoms. The smallest absolute Gasteiger partial charge is 0.263 e. The van der Waals surface area contributed by atoms with Gasteiger partial charge in [-0.1, -0.05) is 38.1 Å². The van der Waals surface area contributed by atoms with Gasteiger partial charge in [0.05, 0.1) is 17.5 Å². The summed E-state index contributed by atoms with van der Waals surface area (Å²) in [7, 11) is 0. The molecule has 0 aliphatic carbocycles. The van der Waals surface area contributed by atoms with E-state index in [9.17, 15) is 18.7 Å². The van der Waals surface area contributed by atoms with Crippen molar-refractivity contribution in [1.82, 2.24) is 4.57 Å². The van der Waals surface area contributed by atoms with Gasteiger partial charge >= 0.3 is 0 Å². The number of hydrogen-bond donors (Lipinski definition) is 1. The number of fused-ring (bicyclic) bond motifs is 1. The largest absolute Gasteiger partial charge is 0.506 e. The fourth-order valence-corrected chi connectivity index (χ4v) is 4.10. The molecule has 0 saturated heterocycles. The van der Waals surface area contributed by atoms with E-state index in [1.54, 1.807) is 12.1 Å². The first-order valence-electron chi connectivity index (χ1n) is 8.52. The molecule has 0 atom stereocenters. The first-order chi connectivity index (χ1) is 12.3. The second-order valence-corrected chi connectivity index (χ2v) is 7.01. The Morgan fingerprint density at radius 3 is 2.25 bits per heavy atom. The number of rotatable bonds is 3. The summed E-state index contributed by atoms with van der Waals surface area (Å²) in [5.41, 5.74) is 1.67. The van der Waals surface area contributed by atoms with Gasteiger partial charge in [0, 0.05) is 37.6 Å². The number of aromatic hydroxyl groups is 1. The van der Waals surface area contributed by atoms with Crippen LogP contribution in [0.4, 0.5) is 8.78 Å². The first kappa shape index (κ1) is 26.9. The van der Waals surface area contributed by atoms with Crippen LogP contribution < -0.4 is 5.56 Å². The van der Waals surface area contributed by atoms with Crippen LogP contribution in [0.3, 0.4) is 0 Å². The Kier molecular flexibility index (Phi) is 10.7. The standard InChI is InChI=1S/C18H17F2NO2S.C2H6.CH3.Y/c1-9-6-4-5-7-12(9)15-16(22)14-10(2)11(3)24-18(14)21(17(15)23)8-13(19)20;1-2;;/h4-7,13,22H,8H2,1-3H3;1-2H3;1H3;/q;;-1;. The van der Waals surface area contributed by atoms with Crippen LogP contribution >= 0.6 is 11.3 Å². The zero-order chi connectivity index (χ0) is 19.6. The van der Waals surface area contributed by atoms with E-state index < -0.39 is 18.5 Å². The quantitative estimate of drug-likeness (QED) is 0.458. The molecule has 2 heterocycles. The third kappa shape index (κ3) is 4.89. The van der Waals surface area contributed by atoms with Gasteiger partial charge in [0.25, 0.3) is 12.0 Å². The molecular formula is C21H26F2NO2SY-. The van der Waals surface area contributed by atoms with E-state index in [1.165, 1.54) is 11.3 Å². The van der Waals surface area contributed by atoms with Crippen LogP contribution in [0.2, 0.25) is 0 Å². The summed E-state index contributed by atoms with van der Waals surface area (Å²) in [6.45, 7) is 8.81. The van der Waals surface area contributed by atoms with E-state index in [2.05, 4.69) is 0 Å². The van der Waals surface area contributed by atoms with Crippen molar-refractivity contribution in [2.75, 3.05) is 0 Å². The Balaban J connectivity index is 0.00000177. The molecule has 3 aromatic rings. The Hall–Kier alpha value is -1.11. The minimum Gasteiger partial charge on any atom is -0.506 e. The average Bonchev–Trinajstić information content (AvgIpc) is 2.90. The maximum atomic E-state index is 13.0. The van der Waals surface area contributed by atoms with E-state index in [4.69, 9.17) is 0 Å². The second kappa shape index (κ2) is 11.2. The molecule has 0 fully saturated rings. The number of thiophene rings is 1. The predicted octanol–water partition coefficient (Wildman–Crippen LogP) is 6.10. The molecule has 0 aliphatic heterocycles. The number of aryl methyl sites for hydroxylation is 3. The third-order valence-corrected chi connectivity index (χ3v) is 5.51. The Morgan fingerprint density at radius 1 is 1.14 bits per heavy atom. The number of pyridine rings is 1. The molecular weight excluding hydrogens is 457 g/mol.